The highest BCUT2D eigenvalue weighted by atomic mass is 16.5. The lowest BCUT2D eigenvalue weighted by atomic mass is 10.2. The number of hydrogen-bond acceptors (Lipinski definition) is 5. The largest absolute Gasteiger partial charge is 0.493 e. The molecule has 5 nitrogen and oxygen atoms in total. The number of nitrogens with zero attached hydrogens (tertiary/aromatic N) is 2. The van der Waals surface area contributed by atoms with E-state index < -0.39 is 0 Å². The van der Waals surface area contributed by atoms with Gasteiger partial charge >= 0.3 is 0 Å². The molecule has 0 radical (unpaired) electrons. The van der Waals surface area contributed by atoms with Crippen molar-refractivity contribution in [2.45, 2.75) is 0 Å². The minimum atomic E-state index is 0.663. The van der Waals surface area contributed by atoms with Crippen molar-refractivity contribution in [1.82, 2.24) is 10.2 Å². The van der Waals surface area contributed by atoms with Gasteiger partial charge < -0.3 is 14.8 Å². The van der Waals surface area contributed by atoms with E-state index in [1.54, 1.807) is 20.4 Å². The van der Waals surface area contributed by atoms with E-state index in [0.29, 0.717) is 17.3 Å². The van der Waals surface area contributed by atoms with Gasteiger partial charge in [-0.05, 0) is 12.1 Å². The molecule has 21 heavy (non-hydrogen) atoms. The fraction of sp³-hybridized carbons (Fsp3) is 0.125. The van der Waals surface area contributed by atoms with Gasteiger partial charge in [0.15, 0.2) is 17.3 Å². The molecule has 0 saturated heterocycles. The summed E-state index contributed by atoms with van der Waals surface area (Å²) < 4.78 is 10.5. The first kappa shape index (κ1) is 13.2. The SMILES string of the molecule is COc1ccc(Nc2nncc3ccccc23)cc1OC. The van der Waals surface area contributed by atoms with Crippen molar-refractivity contribution in [2.24, 2.45) is 0 Å². The fourth-order valence-electron chi connectivity index (χ4n) is 2.17. The first-order valence-electron chi connectivity index (χ1n) is 6.51. The maximum Gasteiger partial charge on any atom is 0.162 e. The maximum atomic E-state index is 5.30. The van der Waals surface area contributed by atoms with Crippen LogP contribution in [0.1, 0.15) is 0 Å². The molecule has 2 aromatic carbocycles. The molecule has 0 aliphatic heterocycles. The lowest BCUT2D eigenvalue weighted by Gasteiger charge is -2.11. The summed E-state index contributed by atoms with van der Waals surface area (Å²) in [5, 5.41) is 13.5. The van der Waals surface area contributed by atoms with Gasteiger partial charge in [0.2, 0.25) is 0 Å². The van der Waals surface area contributed by atoms with Crippen LogP contribution in [-0.4, -0.2) is 24.4 Å². The van der Waals surface area contributed by atoms with Crippen LogP contribution >= 0.6 is 0 Å². The zero-order valence-electron chi connectivity index (χ0n) is 11.8. The number of rotatable bonds is 4. The Balaban J connectivity index is 1.99. The Kier molecular flexibility index (Phi) is 3.55. The number of aromatic nitrogens is 2. The zero-order valence-corrected chi connectivity index (χ0v) is 11.8. The molecule has 0 aliphatic carbocycles. The average Bonchev–Trinajstić information content (AvgIpc) is 2.55. The summed E-state index contributed by atoms with van der Waals surface area (Å²) in [4.78, 5) is 0. The summed E-state index contributed by atoms with van der Waals surface area (Å²) in [6.07, 6.45) is 1.75. The van der Waals surface area contributed by atoms with Gasteiger partial charge in [-0.2, -0.15) is 5.10 Å². The molecule has 0 spiro atoms. The Morgan fingerprint density at radius 3 is 2.57 bits per heavy atom. The Hall–Kier alpha value is -2.82. The first-order chi connectivity index (χ1) is 10.3. The third-order valence-corrected chi connectivity index (χ3v) is 3.22. The molecule has 1 N–H and O–H groups in total. The molecule has 3 rings (SSSR count). The number of ether oxygens (including phenoxy) is 2. The van der Waals surface area contributed by atoms with Crippen molar-refractivity contribution in [3.63, 3.8) is 0 Å². The molecule has 0 bridgehead atoms. The molecule has 5 heteroatoms. The van der Waals surface area contributed by atoms with Crippen LogP contribution in [0.2, 0.25) is 0 Å². The predicted molar refractivity (Wildman–Crippen MR) is 82.4 cm³/mol. The third-order valence-electron chi connectivity index (χ3n) is 3.22. The van der Waals surface area contributed by atoms with Gasteiger partial charge in [0.25, 0.3) is 0 Å². The van der Waals surface area contributed by atoms with Gasteiger partial charge in [-0.3, -0.25) is 0 Å². The van der Waals surface area contributed by atoms with Crippen LogP contribution in [0.25, 0.3) is 10.8 Å². The van der Waals surface area contributed by atoms with E-state index in [1.807, 2.05) is 42.5 Å². The van der Waals surface area contributed by atoms with Crippen molar-refractivity contribution < 1.29 is 9.47 Å². The monoisotopic (exact) mass is 281 g/mol. The maximum absolute atomic E-state index is 5.30. The minimum absolute atomic E-state index is 0.663. The number of nitrogens with one attached hydrogen (secondary N) is 1. The van der Waals surface area contributed by atoms with Crippen molar-refractivity contribution >= 4 is 22.3 Å². The van der Waals surface area contributed by atoms with E-state index in [0.717, 1.165) is 16.5 Å². The Bertz CT molecular complexity index is 769. The Morgan fingerprint density at radius 2 is 1.76 bits per heavy atom. The van der Waals surface area contributed by atoms with Crippen LogP contribution in [0.15, 0.2) is 48.7 Å². The summed E-state index contributed by atoms with van der Waals surface area (Å²) in [7, 11) is 3.22. The van der Waals surface area contributed by atoms with Crippen LogP contribution in [0, 0.1) is 0 Å². The number of fused-ring (bicyclic) bond motifs is 1. The fourth-order valence-corrected chi connectivity index (χ4v) is 2.17. The number of hydrogen-bond donors (Lipinski definition) is 1. The quantitative estimate of drug-likeness (QED) is 0.794. The van der Waals surface area contributed by atoms with Gasteiger partial charge in [-0.1, -0.05) is 24.3 Å². The topological polar surface area (TPSA) is 56.3 Å². The molecule has 0 unspecified atom stereocenters. The smallest absolute Gasteiger partial charge is 0.162 e. The van der Waals surface area contributed by atoms with Gasteiger partial charge in [-0.25, -0.2) is 0 Å². The van der Waals surface area contributed by atoms with Crippen molar-refractivity contribution in [2.75, 3.05) is 19.5 Å². The summed E-state index contributed by atoms with van der Waals surface area (Å²) in [5.74, 6) is 2.06. The molecule has 0 fully saturated rings. The molecule has 1 heterocycles. The van der Waals surface area contributed by atoms with Crippen LogP contribution in [-0.2, 0) is 0 Å². The summed E-state index contributed by atoms with van der Waals surface area (Å²) in [6, 6.07) is 13.6. The van der Waals surface area contributed by atoms with Crippen LogP contribution in [0.3, 0.4) is 0 Å². The van der Waals surface area contributed by atoms with Gasteiger partial charge in [0, 0.05) is 22.5 Å². The van der Waals surface area contributed by atoms with Crippen LogP contribution in [0.4, 0.5) is 11.5 Å². The summed E-state index contributed by atoms with van der Waals surface area (Å²) in [6.45, 7) is 0. The highest BCUT2D eigenvalue weighted by Crippen LogP contribution is 2.31. The lowest BCUT2D eigenvalue weighted by molar-refractivity contribution is 0.355. The van der Waals surface area contributed by atoms with E-state index in [1.165, 1.54) is 0 Å². The van der Waals surface area contributed by atoms with E-state index in [2.05, 4.69) is 15.5 Å². The van der Waals surface area contributed by atoms with Crippen LogP contribution < -0.4 is 14.8 Å². The highest BCUT2D eigenvalue weighted by molar-refractivity contribution is 5.92. The number of anilines is 2. The molecule has 0 atom stereocenters. The second-order valence-electron chi connectivity index (χ2n) is 4.48. The molecule has 0 amide bonds. The molecule has 0 aliphatic rings. The van der Waals surface area contributed by atoms with E-state index in [-0.39, 0.29) is 0 Å². The standard InChI is InChI=1S/C16H15N3O2/c1-20-14-8-7-12(9-15(14)21-2)18-16-13-6-4-3-5-11(13)10-17-19-16/h3-10H,1-2H3,(H,18,19). The van der Waals surface area contributed by atoms with Crippen LogP contribution in [0.5, 0.6) is 11.5 Å². The minimum Gasteiger partial charge on any atom is -0.493 e. The number of methoxy groups -OCH3 is 2. The van der Waals surface area contributed by atoms with Crippen molar-refractivity contribution in [1.29, 1.82) is 0 Å². The van der Waals surface area contributed by atoms with Gasteiger partial charge in [0.1, 0.15) is 0 Å². The second kappa shape index (κ2) is 5.66. The molecular formula is C16H15N3O2. The molecule has 106 valence electrons. The van der Waals surface area contributed by atoms with Crippen molar-refractivity contribution in [3.8, 4) is 11.5 Å². The predicted octanol–water partition coefficient (Wildman–Crippen LogP) is 3.39. The normalized spacial score (nSPS) is 10.4. The summed E-state index contributed by atoms with van der Waals surface area (Å²) >= 11 is 0. The third kappa shape index (κ3) is 2.58. The first-order valence-corrected chi connectivity index (χ1v) is 6.51. The molecule has 3 aromatic rings. The second-order valence-corrected chi connectivity index (χ2v) is 4.48. The number of benzene rings is 2. The zero-order chi connectivity index (χ0) is 14.7. The molecular weight excluding hydrogens is 266 g/mol. The van der Waals surface area contributed by atoms with Crippen molar-refractivity contribution in [3.05, 3.63) is 48.7 Å². The van der Waals surface area contributed by atoms with Gasteiger partial charge in [-0.15, -0.1) is 5.10 Å². The van der Waals surface area contributed by atoms with Gasteiger partial charge in [0.05, 0.1) is 20.4 Å². The van der Waals surface area contributed by atoms with E-state index in [9.17, 15) is 0 Å². The Labute approximate surface area is 122 Å². The summed E-state index contributed by atoms with van der Waals surface area (Å²) in [5.41, 5.74) is 0.860. The molecule has 0 saturated carbocycles. The van der Waals surface area contributed by atoms with E-state index in [4.69, 9.17) is 9.47 Å². The molecule has 1 aromatic heterocycles. The average molecular weight is 281 g/mol. The Morgan fingerprint density at radius 1 is 0.952 bits per heavy atom. The van der Waals surface area contributed by atoms with E-state index >= 15 is 0 Å². The lowest BCUT2D eigenvalue weighted by Crippen LogP contribution is -1.98. The highest BCUT2D eigenvalue weighted by Gasteiger charge is 2.07.